The van der Waals surface area contributed by atoms with Gasteiger partial charge in [-0.1, -0.05) is 6.07 Å². The Morgan fingerprint density at radius 1 is 1.43 bits per heavy atom. The molecule has 2 rings (SSSR count). The maximum atomic E-state index is 12.7. The van der Waals surface area contributed by atoms with Gasteiger partial charge in [-0.3, -0.25) is 0 Å². The van der Waals surface area contributed by atoms with Gasteiger partial charge in [0.2, 0.25) is 23.2 Å². The molecule has 1 heterocycles. The summed E-state index contributed by atoms with van der Waals surface area (Å²) in [6.45, 7) is 8.13. The molecule has 4 nitrogen and oxygen atoms in total. The molecular formula is C16H25F2N2O2S+. The molecule has 1 fully saturated rings. The van der Waals surface area contributed by atoms with E-state index in [1.54, 1.807) is 12.3 Å². The number of aromatic nitrogens is 1. The van der Waals surface area contributed by atoms with E-state index < -0.39 is 17.3 Å². The molecule has 2 unspecified atom stereocenters. The summed E-state index contributed by atoms with van der Waals surface area (Å²) < 4.78 is 44.0. The Labute approximate surface area is 139 Å². The Hall–Kier alpha value is -0.920. The second kappa shape index (κ2) is 6.91. The van der Waals surface area contributed by atoms with Crippen molar-refractivity contribution < 1.29 is 18.1 Å². The summed E-state index contributed by atoms with van der Waals surface area (Å²) >= 11 is -0.914. The number of nitrogens with zero attached hydrogens (tertiary/aromatic N) is 1. The van der Waals surface area contributed by atoms with Crippen LogP contribution in [0, 0.1) is 5.92 Å². The van der Waals surface area contributed by atoms with Crippen LogP contribution in [0.25, 0.3) is 0 Å². The molecule has 7 heteroatoms. The third-order valence-electron chi connectivity index (χ3n) is 3.77. The molecule has 0 saturated heterocycles. The van der Waals surface area contributed by atoms with Crippen molar-refractivity contribution in [1.82, 2.24) is 9.71 Å². The van der Waals surface area contributed by atoms with Crippen molar-refractivity contribution in [3.05, 3.63) is 23.9 Å². The molecule has 1 aliphatic rings. The first-order chi connectivity index (χ1) is 10.6. The van der Waals surface area contributed by atoms with Crippen molar-refractivity contribution in [1.29, 1.82) is 0 Å². The minimum atomic E-state index is -2.51. The average molecular weight is 347 g/mol. The summed E-state index contributed by atoms with van der Waals surface area (Å²) in [7, 11) is 0. The van der Waals surface area contributed by atoms with Gasteiger partial charge in [0.05, 0.1) is 12.6 Å². The summed E-state index contributed by atoms with van der Waals surface area (Å²) in [6, 6.07) is 3.56. The highest BCUT2D eigenvalue weighted by molar-refractivity contribution is 7.90. The number of alkyl halides is 2. The van der Waals surface area contributed by atoms with E-state index in [2.05, 4.69) is 9.71 Å². The van der Waals surface area contributed by atoms with Crippen molar-refractivity contribution in [2.24, 2.45) is 5.92 Å². The van der Waals surface area contributed by atoms with Gasteiger partial charge in [0, 0.05) is 31.0 Å². The third-order valence-corrected chi connectivity index (χ3v) is 5.51. The molecule has 1 aromatic rings. The smallest absolute Gasteiger partial charge is 0.248 e. The van der Waals surface area contributed by atoms with E-state index in [0.29, 0.717) is 5.88 Å². The van der Waals surface area contributed by atoms with Crippen LogP contribution in [-0.4, -0.2) is 26.8 Å². The molecule has 1 aliphatic carbocycles. The lowest BCUT2D eigenvalue weighted by atomic mass is 9.82. The highest BCUT2D eigenvalue weighted by Crippen LogP contribution is 2.42. The predicted molar refractivity (Wildman–Crippen MR) is 88.7 cm³/mol. The van der Waals surface area contributed by atoms with Crippen LogP contribution in [0.1, 0.15) is 52.1 Å². The standard InChI is InChI=1S/C16H25F2N2O2S/c1-11(20-23(21)15(2,3)4)13-5-6-14(19-9-13)22-10-12-7-16(17,18)8-12/h5-6,9,11-12,20-21H,7-8,10H2,1-4H3/q+1. The van der Waals surface area contributed by atoms with Crippen LogP contribution in [0.4, 0.5) is 8.78 Å². The maximum Gasteiger partial charge on any atom is 0.248 e. The topological polar surface area (TPSA) is 54.4 Å². The summed E-state index contributed by atoms with van der Waals surface area (Å²) in [6.07, 6.45) is 1.48. The Morgan fingerprint density at radius 2 is 2.09 bits per heavy atom. The highest BCUT2D eigenvalue weighted by Gasteiger charge is 2.45. The van der Waals surface area contributed by atoms with Gasteiger partial charge in [0.25, 0.3) is 0 Å². The molecule has 0 bridgehead atoms. The van der Waals surface area contributed by atoms with Gasteiger partial charge in [-0.05, 0) is 33.3 Å². The average Bonchev–Trinajstić information content (AvgIpc) is 2.42. The zero-order valence-corrected chi connectivity index (χ0v) is 14.8. The fourth-order valence-corrected chi connectivity index (χ4v) is 3.08. The summed E-state index contributed by atoms with van der Waals surface area (Å²) in [5.41, 5.74) is 0.934. The lowest BCUT2D eigenvalue weighted by Gasteiger charge is -2.34. The van der Waals surface area contributed by atoms with Crippen LogP contribution in [0.2, 0.25) is 0 Å². The zero-order chi connectivity index (χ0) is 17.3. The maximum absolute atomic E-state index is 12.7. The Morgan fingerprint density at radius 3 is 2.57 bits per heavy atom. The minimum absolute atomic E-state index is 0.0468. The van der Waals surface area contributed by atoms with E-state index in [1.807, 2.05) is 33.8 Å². The first-order valence-electron chi connectivity index (χ1n) is 7.73. The van der Waals surface area contributed by atoms with Crippen molar-refractivity contribution in [3.8, 4) is 5.88 Å². The summed E-state index contributed by atoms with van der Waals surface area (Å²) in [5, 5.41) is 0. The second-order valence-corrected chi connectivity index (χ2v) is 9.14. The molecule has 2 atom stereocenters. The van der Waals surface area contributed by atoms with Crippen molar-refractivity contribution in [3.63, 3.8) is 0 Å². The Kier molecular flexibility index (Phi) is 5.53. The summed E-state index contributed by atoms with van der Waals surface area (Å²) in [5.74, 6) is -2.16. The normalized spacial score (nSPS) is 20.7. The number of halogens is 2. The first-order valence-corrected chi connectivity index (χ1v) is 8.91. The fraction of sp³-hybridized carbons (Fsp3) is 0.688. The van der Waals surface area contributed by atoms with Crippen molar-refractivity contribution in [2.45, 2.75) is 57.2 Å². The number of ether oxygens (including phenoxy) is 1. The fourth-order valence-electron chi connectivity index (χ4n) is 2.25. The van der Waals surface area contributed by atoms with Crippen LogP contribution in [0.5, 0.6) is 5.88 Å². The van der Waals surface area contributed by atoms with Crippen molar-refractivity contribution >= 4 is 11.4 Å². The SMILES string of the molecule is CC(N[S+](O)C(C)(C)C)c1ccc(OCC2CC(F)(F)C2)nc1. The quantitative estimate of drug-likeness (QED) is 0.765. The molecule has 23 heavy (non-hydrogen) atoms. The molecule has 0 spiro atoms. The number of hydrogen-bond donors (Lipinski definition) is 2. The van der Waals surface area contributed by atoms with Crippen molar-refractivity contribution in [2.75, 3.05) is 6.61 Å². The number of pyridine rings is 1. The molecule has 130 valence electrons. The second-order valence-electron chi connectivity index (χ2n) is 7.11. The first kappa shape index (κ1) is 18.4. The largest absolute Gasteiger partial charge is 0.477 e. The number of nitrogens with one attached hydrogen (secondary N) is 1. The molecule has 2 N–H and O–H groups in total. The highest BCUT2D eigenvalue weighted by atomic mass is 32.2. The van der Waals surface area contributed by atoms with Crippen LogP contribution < -0.4 is 9.46 Å². The van der Waals surface area contributed by atoms with Crippen LogP contribution in [0.3, 0.4) is 0 Å². The van der Waals surface area contributed by atoms with Crippen LogP contribution in [-0.2, 0) is 11.4 Å². The summed E-state index contributed by atoms with van der Waals surface area (Å²) in [4.78, 5) is 4.21. The van der Waals surface area contributed by atoms with Gasteiger partial charge in [0.15, 0.2) is 4.75 Å². The number of rotatable bonds is 6. The van der Waals surface area contributed by atoms with Gasteiger partial charge >= 0.3 is 0 Å². The van der Waals surface area contributed by atoms with E-state index >= 15 is 0 Å². The van der Waals surface area contributed by atoms with Gasteiger partial charge < -0.3 is 4.74 Å². The van der Waals surface area contributed by atoms with Crippen LogP contribution >= 0.6 is 0 Å². The number of hydrogen-bond acceptors (Lipinski definition) is 4. The molecule has 1 saturated carbocycles. The van der Waals surface area contributed by atoms with Crippen LogP contribution in [0.15, 0.2) is 18.3 Å². The van der Waals surface area contributed by atoms with Gasteiger partial charge in [-0.25, -0.2) is 13.8 Å². The van der Waals surface area contributed by atoms with Gasteiger partial charge in [-0.2, -0.15) is 4.55 Å². The van der Waals surface area contributed by atoms with Gasteiger partial charge in [0.1, 0.15) is 0 Å². The molecule has 0 aromatic carbocycles. The van der Waals surface area contributed by atoms with Gasteiger partial charge in [-0.15, -0.1) is 4.72 Å². The Bertz CT molecular complexity index is 512. The van der Waals surface area contributed by atoms with E-state index in [-0.39, 0.29) is 36.2 Å². The zero-order valence-electron chi connectivity index (χ0n) is 14.0. The lowest BCUT2D eigenvalue weighted by molar-refractivity contribution is -0.119. The minimum Gasteiger partial charge on any atom is -0.477 e. The third kappa shape index (κ3) is 5.29. The van der Waals surface area contributed by atoms with E-state index in [9.17, 15) is 13.3 Å². The van der Waals surface area contributed by atoms with E-state index in [0.717, 1.165) is 5.56 Å². The molecular weight excluding hydrogens is 322 g/mol. The molecule has 0 aliphatic heterocycles. The lowest BCUT2D eigenvalue weighted by Crippen LogP contribution is -2.40. The van der Waals surface area contributed by atoms with E-state index in [4.69, 9.17) is 4.74 Å². The molecule has 0 amide bonds. The van der Waals surface area contributed by atoms with E-state index in [1.165, 1.54) is 0 Å². The molecule has 1 aromatic heterocycles. The Balaban J connectivity index is 1.82. The molecule has 0 radical (unpaired) electrons. The monoisotopic (exact) mass is 347 g/mol. The predicted octanol–water partition coefficient (Wildman–Crippen LogP) is 3.96.